The van der Waals surface area contributed by atoms with E-state index in [2.05, 4.69) is 0 Å². The van der Waals surface area contributed by atoms with Crippen LogP contribution < -0.4 is 13.8 Å². The molecule has 3 aromatic carbocycles. The Morgan fingerprint density at radius 1 is 0.821 bits per heavy atom. The molecule has 146 valence electrons. The lowest BCUT2D eigenvalue weighted by Gasteiger charge is -2.25. The summed E-state index contributed by atoms with van der Waals surface area (Å²) in [6.45, 7) is 2.19. The predicted molar refractivity (Wildman–Crippen MR) is 111 cm³/mol. The maximum absolute atomic E-state index is 13.5. The van der Waals surface area contributed by atoms with Gasteiger partial charge in [0.1, 0.15) is 0 Å². The highest BCUT2D eigenvalue weighted by molar-refractivity contribution is 7.92. The van der Waals surface area contributed by atoms with Crippen LogP contribution in [0.3, 0.4) is 0 Å². The number of hydrogen-bond donors (Lipinski definition) is 0. The SMILES string of the molecule is COc1ccc(S(=O)(=O)N(Cc2ccccc2)c2ccc(C)cc2)cc1OC. The highest BCUT2D eigenvalue weighted by Gasteiger charge is 2.26. The second kappa shape index (κ2) is 8.35. The molecule has 0 aromatic heterocycles. The Bertz CT molecular complexity index is 1030. The Hall–Kier alpha value is -2.99. The van der Waals surface area contributed by atoms with Gasteiger partial charge in [0, 0.05) is 6.07 Å². The molecule has 6 heteroatoms. The minimum Gasteiger partial charge on any atom is -0.493 e. The molecule has 0 bridgehead atoms. The van der Waals surface area contributed by atoms with Gasteiger partial charge in [-0.1, -0.05) is 48.0 Å². The van der Waals surface area contributed by atoms with Crippen LogP contribution in [0.15, 0.2) is 77.7 Å². The maximum atomic E-state index is 13.5. The zero-order chi connectivity index (χ0) is 20.1. The van der Waals surface area contributed by atoms with E-state index in [1.165, 1.54) is 30.7 Å². The largest absolute Gasteiger partial charge is 0.493 e. The van der Waals surface area contributed by atoms with Crippen molar-refractivity contribution in [2.45, 2.75) is 18.4 Å². The van der Waals surface area contributed by atoms with Crippen LogP contribution in [-0.4, -0.2) is 22.6 Å². The predicted octanol–water partition coefficient (Wildman–Crippen LogP) is 4.41. The molecule has 28 heavy (non-hydrogen) atoms. The Morgan fingerprint density at radius 3 is 2.07 bits per heavy atom. The van der Waals surface area contributed by atoms with E-state index in [-0.39, 0.29) is 11.4 Å². The van der Waals surface area contributed by atoms with Crippen LogP contribution >= 0.6 is 0 Å². The molecule has 0 aliphatic rings. The van der Waals surface area contributed by atoms with Gasteiger partial charge in [-0.05, 0) is 36.8 Å². The van der Waals surface area contributed by atoms with Crippen molar-refractivity contribution in [3.05, 3.63) is 83.9 Å². The van der Waals surface area contributed by atoms with E-state index in [4.69, 9.17) is 9.47 Å². The molecule has 0 saturated carbocycles. The third-order valence-electron chi connectivity index (χ3n) is 4.43. The number of sulfonamides is 1. The fraction of sp³-hybridized carbons (Fsp3) is 0.182. The van der Waals surface area contributed by atoms with Crippen molar-refractivity contribution in [1.82, 2.24) is 0 Å². The van der Waals surface area contributed by atoms with E-state index in [1.807, 2.05) is 61.5 Å². The Balaban J connectivity index is 2.09. The fourth-order valence-electron chi connectivity index (χ4n) is 2.88. The summed E-state index contributed by atoms with van der Waals surface area (Å²) in [5.74, 6) is 0.846. The van der Waals surface area contributed by atoms with E-state index < -0.39 is 10.0 Å². The highest BCUT2D eigenvalue weighted by atomic mass is 32.2. The number of benzene rings is 3. The molecule has 3 rings (SSSR count). The summed E-state index contributed by atoms with van der Waals surface area (Å²) in [6.07, 6.45) is 0. The first kappa shape index (κ1) is 19.8. The number of rotatable bonds is 7. The summed E-state index contributed by atoms with van der Waals surface area (Å²) in [7, 11) is -0.829. The zero-order valence-electron chi connectivity index (χ0n) is 16.1. The van der Waals surface area contributed by atoms with Crippen LogP contribution in [0.25, 0.3) is 0 Å². The lowest BCUT2D eigenvalue weighted by Crippen LogP contribution is -2.30. The van der Waals surface area contributed by atoms with E-state index in [1.54, 1.807) is 6.07 Å². The standard InChI is InChI=1S/C22H23NO4S/c1-17-9-11-19(12-10-17)23(16-18-7-5-4-6-8-18)28(24,25)20-13-14-21(26-2)22(15-20)27-3/h4-15H,16H2,1-3H3. The molecule has 0 spiro atoms. The topological polar surface area (TPSA) is 55.8 Å². The van der Waals surface area contributed by atoms with Gasteiger partial charge in [-0.15, -0.1) is 0 Å². The van der Waals surface area contributed by atoms with Crippen molar-refractivity contribution < 1.29 is 17.9 Å². The molecule has 0 fully saturated rings. The molecule has 0 N–H and O–H groups in total. The van der Waals surface area contributed by atoms with Crippen LogP contribution in [0.2, 0.25) is 0 Å². The molecule has 0 atom stereocenters. The third kappa shape index (κ3) is 4.12. The minimum absolute atomic E-state index is 0.140. The van der Waals surface area contributed by atoms with Crippen LogP contribution in [0.1, 0.15) is 11.1 Å². The van der Waals surface area contributed by atoms with Gasteiger partial charge in [-0.25, -0.2) is 8.42 Å². The summed E-state index contributed by atoms with van der Waals surface area (Å²) in [5, 5.41) is 0. The lowest BCUT2D eigenvalue weighted by molar-refractivity contribution is 0.354. The number of anilines is 1. The van der Waals surface area contributed by atoms with Gasteiger partial charge >= 0.3 is 0 Å². The number of nitrogens with zero attached hydrogens (tertiary/aromatic N) is 1. The first-order chi connectivity index (χ1) is 13.5. The number of aryl methyl sites for hydroxylation is 1. The van der Waals surface area contributed by atoms with Crippen molar-refractivity contribution in [3.63, 3.8) is 0 Å². The van der Waals surface area contributed by atoms with Crippen LogP contribution in [0.4, 0.5) is 5.69 Å². The molecule has 0 unspecified atom stereocenters. The van der Waals surface area contributed by atoms with Gasteiger partial charge in [0.25, 0.3) is 10.0 Å². The third-order valence-corrected chi connectivity index (χ3v) is 6.20. The zero-order valence-corrected chi connectivity index (χ0v) is 16.9. The smallest absolute Gasteiger partial charge is 0.264 e. The van der Waals surface area contributed by atoms with Crippen molar-refractivity contribution in [2.75, 3.05) is 18.5 Å². The number of hydrogen-bond acceptors (Lipinski definition) is 4. The minimum atomic E-state index is -3.82. The van der Waals surface area contributed by atoms with Gasteiger partial charge in [0.05, 0.1) is 31.3 Å². The summed E-state index contributed by atoms with van der Waals surface area (Å²) in [5.41, 5.74) is 2.56. The lowest BCUT2D eigenvalue weighted by atomic mass is 10.2. The fourth-order valence-corrected chi connectivity index (χ4v) is 4.35. The Labute approximate surface area is 166 Å². The number of ether oxygens (including phenoxy) is 2. The molecule has 0 heterocycles. The molecule has 0 aliphatic carbocycles. The molecule has 0 saturated heterocycles. The average molecular weight is 397 g/mol. The van der Waals surface area contributed by atoms with E-state index in [9.17, 15) is 8.42 Å². The average Bonchev–Trinajstić information content (AvgIpc) is 2.73. The molecular weight excluding hydrogens is 374 g/mol. The molecule has 5 nitrogen and oxygen atoms in total. The normalized spacial score (nSPS) is 11.1. The first-order valence-electron chi connectivity index (χ1n) is 8.81. The molecule has 3 aromatic rings. The van der Waals surface area contributed by atoms with Gasteiger partial charge < -0.3 is 9.47 Å². The monoisotopic (exact) mass is 397 g/mol. The van der Waals surface area contributed by atoms with Crippen molar-refractivity contribution in [1.29, 1.82) is 0 Å². The van der Waals surface area contributed by atoms with Crippen molar-refractivity contribution in [2.24, 2.45) is 0 Å². The molecular formula is C22H23NO4S. The van der Waals surface area contributed by atoms with Gasteiger partial charge in [0.2, 0.25) is 0 Å². The summed E-state index contributed by atoms with van der Waals surface area (Å²) in [6, 6.07) is 21.6. The van der Waals surface area contributed by atoms with Gasteiger partial charge in [-0.3, -0.25) is 4.31 Å². The first-order valence-corrected chi connectivity index (χ1v) is 10.2. The van der Waals surface area contributed by atoms with Crippen LogP contribution in [-0.2, 0) is 16.6 Å². The van der Waals surface area contributed by atoms with Crippen molar-refractivity contribution >= 4 is 15.7 Å². The van der Waals surface area contributed by atoms with Crippen LogP contribution in [0, 0.1) is 6.92 Å². The number of methoxy groups -OCH3 is 2. The summed E-state index contributed by atoms with van der Waals surface area (Å²) < 4.78 is 39.0. The second-order valence-electron chi connectivity index (χ2n) is 6.35. The Kier molecular flexibility index (Phi) is 5.90. The van der Waals surface area contributed by atoms with Crippen LogP contribution in [0.5, 0.6) is 11.5 Å². The van der Waals surface area contributed by atoms with Crippen molar-refractivity contribution in [3.8, 4) is 11.5 Å². The Morgan fingerprint density at radius 2 is 1.46 bits per heavy atom. The van der Waals surface area contributed by atoms with E-state index in [0.717, 1.165) is 11.1 Å². The van der Waals surface area contributed by atoms with Gasteiger partial charge in [-0.2, -0.15) is 0 Å². The maximum Gasteiger partial charge on any atom is 0.264 e. The summed E-state index contributed by atoms with van der Waals surface area (Å²) >= 11 is 0. The summed E-state index contributed by atoms with van der Waals surface area (Å²) in [4.78, 5) is 0.140. The van der Waals surface area contributed by atoms with E-state index >= 15 is 0 Å². The van der Waals surface area contributed by atoms with E-state index in [0.29, 0.717) is 17.2 Å². The quantitative estimate of drug-likeness (QED) is 0.593. The highest BCUT2D eigenvalue weighted by Crippen LogP contribution is 2.33. The molecule has 0 radical (unpaired) electrons. The molecule has 0 amide bonds. The van der Waals surface area contributed by atoms with Gasteiger partial charge in [0.15, 0.2) is 11.5 Å². The molecule has 0 aliphatic heterocycles. The second-order valence-corrected chi connectivity index (χ2v) is 8.21.